The summed E-state index contributed by atoms with van der Waals surface area (Å²) in [4.78, 5) is 36.1. The van der Waals surface area contributed by atoms with E-state index in [-0.39, 0.29) is 31.3 Å². The predicted molar refractivity (Wildman–Crippen MR) is 126 cm³/mol. The molecule has 2 rings (SSSR count). The SMILES string of the molecule is Cc1cccc(/C=C/C(=O)NCc2ccccc2NC(=O)CCNC(=O)OC(C)(C)C)c1. The molecule has 7 heteroatoms. The number of ether oxygens (including phenoxy) is 1. The molecule has 0 saturated heterocycles. The van der Waals surface area contributed by atoms with E-state index >= 15 is 0 Å². The highest BCUT2D eigenvalue weighted by molar-refractivity contribution is 5.93. The van der Waals surface area contributed by atoms with Crippen LogP contribution in [0.3, 0.4) is 0 Å². The van der Waals surface area contributed by atoms with Crippen LogP contribution in [0, 0.1) is 6.92 Å². The lowest BCUT2D eigenvalue weighted by atomic mass is 10.1. The molecular weight excluding hydrogens is 406 g/mol. The van der Waals surface area contributed by atoms with Gasteiger partial charge in [0.05, 0.1) is 0 Å². The number of benzene rings is 2. The first kappa shape index (κ1) is 24.7. The Balaban J connectivity index is 1.83. The van der Waals surface area contributed by atoms with Gasteiger partial charge in [-0.05, 0) is 51.0 Å². The number of amides is 3. The molecule has 32 heavy (non-hydrogen) atoms. The van der Waals surface area contributed by atoms with Gasteiger partial charge in [-0.25, -0.2) is 4.79 Å². The topological polar surface area (TPSA) is 96.5 Å². The van der Waals surface area contributed by atoms with Crippen molar-refractivity contribution < 1.29 is 19.1 Å². The van der Waals surface area contributed by atoms with Crippen LogP contribution in [0.4, 0.5) is 10.5 Å². The summed E-state index contributed by atoms with van der Waals surface area (Å²) < 4.78 is 5.14. The number of anilines is 1. The zero-order valence-corrected chi connectivity index (χ0v) is 19.0. The fourth-order valence-corrected chi connectivity index (χ4v) is 2.79. The van der Waals surface area contributed by atoms with Crippen LogP contribution in [0.5, 0.6) is 0 Å². The normalized spacial score (nSPS) is 11.1. The molecule has 0 saturated carbocycles. The zero-order valence-electron chi connectivity index (χ0n) is 19.0. The minimum absolute atomic E-state index is 0.0964. The lowest BCUT2D eigenvalue weighted by Crippen LogP contribution is -2.34. The number of nitrogens with one attached hydrogen (secondary N) is 3. The van der Waals surface area contributed by atoms with Crippen molar-refractivity contribution in [1.29, 1.82) is 0 Å². The van der Waals surface area contributed by atoms with Gasteiger partial charge in [-0.1, -0.05) is 48.0 Å². The molecule has 0 unspecified atom stereocenters. The Morgan fingerprint density at radius 3 is 2.47 bits per heavy atom. The van der Waals surface area contributed by atoms with Crippen molar-refractivity contribution in [2.75, 3.05) is 11.9 Å². The van der Waals surface area contributed by atoms with Crippen molar-refractivity contribution in [3.05, 3.63) is 71.3 Å². The lowest BCUT2D eigenvalue weighted by Gasteiger charge is -2.19. The number of carbonyl (C=O) groups excluding carboxylic acids is 3. The van der Waals surface area contributed by atoms with Gasteiger partial charge in [-0.2, -0.15) is 0 Å². The minimum atomic E-state index is -0.592. The molecule has 0 fully saturated rings. The molecule has 0 radical (unpaired) electrons. The van der Waals surface area contributed by atoms with Crippen LogP contribution in [0.15, 0.2) is 54.6 Å². The molecule has 0 aliphatic heterocycles. The largest absolute Gasteiger partial charge is 0.444 e. The molecule has 3 N–H and O–H groups in total. The second-order valence-corrected chi connectivity index (χ2v) is 8.35. The Bertz CT molecular complexity index is 977. The van der Waals surface area contributed by atoms with Gasteiger partial charge in [0, 0.05) is 31.3 Å². The molecule has 2 aromatic carbocycles. The molecule has 0 aliphatic carbocycles. The molecule has 0 bridgehead atoms. The molecule has 0 heterocycles. The van der Waals surface area contributed by atoms with Gasteiger partial charge in [-0.15, -0.1) is 0 Å². The third-order valence-corrected chi connectivity index (χ3v) is 4.23. The van der Waals surface area contributed by atoms with E-state index in [0.29, 0.717) is 5.69 Å². The summed E-state index contributed by atoms with van der Waals surface area (Å²) in [6.07, 6.45) is 2.78. The Labute approximate surface area is 189 Å². The fourth-order valence-electron chi connectivity index (χ4n) is 2.79. The summed E-state index contributed by atoms with van der Waals surface area (Å²) in [5.74, 6) is -0.478. The molecule has 3 amide bonds. The Kier molecular flexibility index (Phi) is 9.01. The molecule has 0 aliphatic rings. The Morgan fingerprint density at radius 1 is 1.00 bits per heavy atom. The second-order valence-electron chi connectivity index (χ2n) is 8.35. The minimum Gasteiger partial charge on any atom is -0.444 e. The van der Waals surface area contributed by atoms with Crippen molar-refractivity contribution in [2.45, 2.75) is 46.3 Å². The third-order valence-electron chi connectivity index (χ3n) is 4.23. The van der Waals surface area contributed by atoms with Gasteiger partial charge in [0.2, 0.25) is 11.8 Å². The highest BCUT2D eigenvalue weighted by atomic mass is 16.6. The van der Waals surface area contributed by atoms with Crippen LogP contribution in [0.2, 0.25) is 0 Å². The number of alkyl carbamates (subject to hydrolysis) is 1. The van der Waals surface area contributed by atoms with Crippen LogP contribution in [-0.2, 0) is 20.9 Å². The standard InChI is InChI=1S/C25H31N3O4/c1-18-8-7-9-19(16-18)12-13-22(29)27-17-20-10-5-6-11-21(20)28-23(30)14-15-26-24(31)32-25(2,3)4/h5-13,16H,14-15,17H2,1-4H3,(H,26,31)(H,27,29)(H,28,30)/b13-12+. The van der Waals surface area contributed by atoms with E-state index in [1.54, 1.807) is 39.0 Å². The van der Waals surface area contributed by atoms with Gasteiger partial charge < -0.3 is 20.7 Å². The van der Waals surface area contributed by atoms with Gasteiger partial charge in [0.15, 0.2) is 0 Å². The van der Waals surface area contributed by atoms with E-state index in [1.807, 2.05) is 43.3 Å². The van der Waals surface area contributed by atoms with E-state index in [4.69, 9.17) is 4.74 Å². The summed E-state index contributed by atoms with van der Waals surface area (Å²) in [5, 5.41) is 8.20. The lowest BCUT2D eigenvalue weighted by molar-refractivity contribution is -0.117. The zero-order chi connectivity index (χ0) is 23.6. The Morgan fingerprint density at radius 2 is 1.75 bits per heavy atom. The number of hydrogen-bond donors (Lipinski definition) is 3. The first-order valence-electron chi connectivity index (χ1n) is 10.5. The number of aryl methyl sites for hydroxylation is 1. The summed E-state index contributed by atoms with van der Waals surface area (Å²) in [5.41, 5.74) is 2.87. The van der Waals surface area contributed by atoms with Gasteiger partial charge >= 0.3 is 6.09 Å². The second kappa shape index (κ2) is 11.7. The van der Waals surface area contributed by atoms with Crippen molar-refractivity contribution in [1.82, 2.24) is 10.6 Å². The summed E-state index contributed by atoms with van der Waals surface area (Å²) >= 11 is 0. The molecule has 2 aromatic rings. The maximum absolute atomic E-state index is 12.3. The monoisotopic (exact) mass is 437 g/mol. The number of hydrogen-bond acceptors (Lipinski definition) is 4. The average Bonchev–Trinajstić information content (AvgIpc) is 2.70. The van der Waals surface area contributed by atoms with E-state index in [9.17, 15) is 14.4 Å². The molecule has 170 valence electrons. The Hall–Kier alpha value is -3.61. The van der Waals surface area contributed by atoms with Crippen molar-refractivity contribution in [3.8, 4) is 0 Å². The molecule has 0 atom stereocenters. The first-order chi connectivity index (χ1) is 15.1. The number of para-hydroxylation sites is 1. The van der Waals surface area contributed by atoms with E-state index in [0.717, 1.165) is 16.7 Å². The summed E-state index contributed by atoms with van der Waals surface area (Å²) in [6.45, 7) is 7.73. The molecule has 0 aromatic heterocycles. The molecular formula is C25H31N3O4. The quantitative estimate of drug-likeness (QED) is 0.540. The van der Waals surface area contributed by atoms with Crippen molar-refractivity contribution in [2.24, 2.45) is 0 Å². The van der Waals surface area contributed by atoms with Crippen molar-refractivity contribution in [3.63, 3.8) is 0 Å². The van der Waals surface area contributed by atoms with Gasteiger partial charge in [-0.3, -0.25) is 9.59 Å². The van der Waals surface area contributed by atoms with E-state index < -0.39 is 11.7 Å². The summed E-state index contributed by atoms with van der Waals surface area (Å²) in [7, 11) is 0. The highest BCUT2D eigenvalue weighted by Gasteiger charge is 2.16. The van der Waals surface area contributed by atoms with E-state index in [1.165, 1.54) is 6.08 Å². The highest BCUT2D eigenvalue weighted by Crippen LogP contribution is 2.15. The predicted octanol–water partition coefficient (Wildman–Crippen LogP) is 4.18. The smallest absolute Gasteiger partial charge is 0.407 e. The molecule has 0 spiro atoms. The van der Waals surface area contributed by atoms with Crippen LogP contribution in [-0.4, -0.2) is 30.1 Å². The number of rotatable bonds is 8. The van der Waals surface area contributed by atoms with Crippen LogP contribution in [0.25, 0.3) is 6.08 Å². The van der Waals surface area contributed by atoms with Crippen molar-refractivity contribution >= 4 is 29.7 Å². The van der Waals surface area contributed by atoms with Gasteiger partial charge in [0.1, 0.15) is 5.60 Å². The summed E-state index contributed by atoms with van der Waals surface area (Å²) in [6, 6.07) is 15.1. The van der Waals surface area contributed by atoms with Crippen LogP contribution in [0.1, 0.15) is 43.9 Å². The molecule has 7 nitrogen and oxygen atoms in total. The fraction of sp³-hybridized carbons (Fsp3) is 0.320. The average molecular weight is 438 g/mol. The maximum atomic E-state index is 12.3. The van der Waals surface area contributed by atoms with Crippen LogP contribution >= 0.6 is 0 Å². The van der Waals surface area contributed by atoms with Gasteiger partial charge in [0.25, 0.3) is 0 Å². The van der Waals surface area contributed by atoms with Crippen LogP contribution < -0.4 is 16.0 Å². The first-order valence-corrected chi connectivity index (χ1v) is 10.5. The van der Waals surface area contributed by atoms with E-state index in [2.05, 4.69) is 16.0 Å². The maximum Gasteiger partial charge on any atom is 0.407 e. The number of carbonyl (C=O) groups is 3. The third kappa shape index (κ3) is 9.47.